The molecule has 0 aliphatic heterocycles. The maximum Gasteiger partial charge on any atom is 0.326 e. The van der Waals surface area contributed by atoms with Gasteiger partial charge < -0.3 is 20.9 Å². The molecule has 0 saturated heterocycles. The summed E-state index contributed by atoms with van der Waals surface area (Å²) < 4.78 is 5.26. The Kier molecular flexibility index (Phi) is 6.86. The van der Waals surface area contributed by atoms with Crippen molar-refractivity contribution in [1.29, 1.82) is 0 Å². The summed E-state index contributed by atoms with van der Waals surface area (Å²) in [6.07, 6.45) is -0.297. The van der Waals surface area contributed by atoms with Crippen molar-refractivity contribution < 1.29 is 19.4 Å². The van der Waals surface area contributed by atoms with Gasteiger partial charge in [-0.2, -0.15) is 0 Å². The van der Waals surface area contributed by atoms with E-state index < -0.39 is 17.4 Å². The Morgan fingerprint density at radius 2 is 1.94 bits per heavy atom. The van der Waals surface area contributed by atoms with Gasteiger partial charge in [0.05, 0.1) is 12.5 Å². The Balaban J connectivity index is 4.48. The van der Waals surface area contributed by atoms with Crippen molar-refractivity contribution in [2.45, 2.75) is 46.3 Å². The van der Waals surface area contributed by atoms with E-state index in [2.05, 4.69) is 5.32 Å². The van der Waals surface area contributed by atoms with E-state index in [1.807, 2.05) is 6.92 Å². The summed E-state index contributed by atoms with van der Waals surface area (Å²) in [6.45, 7) is 7.79. The van der Waals surface area contributed by atoms with Crippen LogP contribution in [0.5, 0.6) is 0 Å². The second-order valence-corrected chi connectivity index (χ2v) is 5.22. The number of hydrogen-bond acceptors (Lipinski definition) is 4. The van der Waals surface area contributed by atoms with Crippen molar-refractivity contribution in [2.24, 2.45) is 11.1 Å². The van der Waals surface area contributed by atoms with E-state index >= 15 is 0 Å². The number of amides is 1. The standard InChI is InChI=1S/C12H24N2O4/c1-5-18-8(7-13)6-9(15)14-10(11(16)17)12(2,3)4/h8,10H,5-7,13H2,1-4H3,(H,14,15)(H,16,17). The van der Waals surface area contributed by atoms with Gasteiger partial charge in [-0.25, -0.2) is 4.79 Å². The zero-order chi connectivity index (χ0) is 14.3. The Bertz CT molecular complexity index is 286. The Morgan fingerprint density at radius 1 is 1.39 bits per heavy atom. The van der Waals surface area contributed by atoms with Gasteiger partial charge in [-0.15, -0.1) is 0 Å². The molecule has 0 aliphatic rings. The van der Waals surface area contributed by atoms with E-state index in [0.717, 1.165) is 0 Å². The number of ether oxygens (including phenoxy) is 1. The lowest BCUT2D eigenvalue weighted by Gasteiger charge is -2.28. The summed E-state index contributed by atoms with van der Waals surface area (Å²) in [7, 11) is 0. The molecule has 0 aromatic carbocycles. The highest BCUT2D eigenvalue weighted by atomic mass is 16.5. The van der Waals surface area contributed by atoms with Gasteiger partial charge in [0.25, 0.3) is 0 Å². The smallest absolute Gasteiger partial charge is 0.326 e. The van der Waals surface area contributed by atoms with Crippen molar-refractivity contribution in [3.05, 3.63) is 0 Å². The van der Waals surface area contributed by atoms with E-state index in [4.69, 9.17) is 15.6 Å². The number of rotatable bonds is 7. The van der Waals surface area contributed by atoms with Gasteiger partial charge in [0.15, 0.2) is 0 Å². The fourth-order valence-electron chi connectivity index (χ4n) is 1.52. The number of carbonyl (C=O) groups excluding carboxylic acids is 1. The number of aliphatic carboxylic acids is 1. The summed E-state index contributed by atoms with van der Waals surface area (Å²) in [5.74, 6) is -1.40. The third kappa shape index (κ3) is 5.97. The zero-order valence-electron chi connectivity index (χ0n) is 11.5. The normalized spacial score (nSPS) is 14.9. The van der Waals surface area contributed by atoms with Crippen LogP contribution in [0.1, 0.15) is 34.1 Å². The zero-order valence-corrected chi connectivity index (χ0v) is 11.5. The first kappa shape index (κ1) is 16.9. The van der Waals surface area contributed by atoms with Crippen molar-refractivity contribution in [2.75, 3.05) is 13.2 Å². The molecule has 2 unspecified atom stereocenters. The van der Waals surface area contributed by atoms with E-state index in [9.17, 15) is 9.59 Å². The number of hydrogen-bond donors (Lipinski definition) is 3. The fourth-order valence-corrected chi connectivity index (χ4v) is 1.52. The van der Waals surface area contributed by atoms with Gasteiger partial charge in [-0.3, -0.25) is 4.79 Å². The summed E-state index contributed by atoms with van der Waals surface area (Å²) >= 11 is 0. The molecule has 0 heterocycles. The molecule has 0 saturated carbocycles. The molecule has 106 valence electrons. The van der Waals surface area contributed by atoms with E-state index in [1.165, 1.54) is 0 Å². The molecule has 4 N–H and O–H groups in total. The third-order valence-electron chi connectivity index (χ3n) is 2.50. The lowest BCUT2D eigenvalue weighted by atomic mass is 9.86. The van der Waals surface area contributed by atoms with Crippen LogP contribution in [0, 0.1) is 5.41 Å². The molecule has 6 nitrogen and oxygen atoms in total. The highest BCUT2D eigenvalue weighted by molar-refractivity contribution is 5.84. The van der Waals surface area contributed by atoms with Gasteiger partial charge in [0.1, 0.15) is 6.04 Å². The van der Waals surface area contributed by atoms with Crippen molar-refractivity contribution in [1.82, 2.24) is 5.32 Å². The fraction of sp³-hybridized carbons (Fsp3) is 0.833. The van der Waals surface area contributed by atoms with Crippen LogP contribution in [-0.2, 0) is 14.3 Å². The molecule has 0 aromatic rings. The summed E-state index contributed by atoms with van der Waals surface area (Å²) in [5.41, 5.74) is 4.91. The SMILES string of the molecule is CCOC(CN)CC(=O)NC(C(=O)O)C(C)(C)C. The van der Waals surface area contributed by atoms with Gasteiger partial charge in [-0.05, 0) is 12.3 Å². The monoisotopic (exact) mass is 260 g/mol. The quantitative estimate of drug-likeness (QED) is 0.613. The second kappa shape index (κ2) is 7.33. The number of carboxylic acid groups (broad SMARTS) is 1. The van der Waals surface area contributed by atoms with Gasteiger partial charge >= 0.3 is 5.97 Å². The summed E-state index contributed by atoms with van der Waals surface area (Å²) in [4.78, 5) is 22.8. The lowest BCUT2D eigenvalue weighted by Crippen LogP contribution is -2.50. The minimum Gasteiger partial charge on any atom is -0.480 e. The summed E-state index contributed by atoms with van der Waals surface area (Å²) in [6, 6.07) is -0.926. The highest BCUT2D eigenvalue weighted by Gasteiger charge is 2.32. The number of nitrogens with one attached hydrogen (secondary N) is 1. The topological polar surface area (TPSA) is 102 Å². The molecule has 0 bridgehead atoms. The van der Waals surface area contributed by atoms with Gasteiger partial charge in [0, 0.05) is 13.2 Å². The Hall–Kier alpha value is -1.14. The van der Waals surface area contributed by atoms with Crippen LogP contribution in [-0.4, -0.2) is 42.3 Å². The lowest BCUT2D eigenvalue weighted by molar-refractivity contribution is -0.145. The minimum atomic E-state index is -1.04. The average Bonchev–Trinajstić information content (AvgIpc) is 2.23. The largest absolute Gasteiger partial charge is 0.480 e. The average molecular weight is 260 g/mol. The van der Waals surface area contributed by atoms with Crippen molar-refractivity contribution in [3.63, 3.8) is 0 Å². The highest BCUT2D eigenvalue weighted by Crippen LogP contribution is 2.19. The number of carboxylic acids is 1. The molecule has 6 heteroatoms. The Labute approximate surface area is 108 Å². The van der Waals surface area contributed by atoms with Crippen LogP contribution in [0.3, 0.4) is 0 Å². The first-order valence-electron chi connectivity index (χ1n) is 6.06. The molecule has 0 radical (unpaired) electrons. The first-order valence-corrected chi connectivity index (χ1v) is 6.06. The Morgan fingerprint density at radius 3 is 2.28 bits per heavy atom. The molecule has 0 spiro atoms. The maximum atomic E-state index is 11.7. The van der Waals surface area contributed by atoms with Crippen LogP contribution in [0.4, 0.5) is 0 Å². The van der Waals surface area contributed by atoms with Crippen LogP contribution in [0.25, 0.3) is 0 Å². The molecule has 0 aromatic heterocycles. The summed E-state index contributed by atoms with van der Waals surface area (Å²) in [5, 5.41) is 11.6. The van der Waals surface area contributed by atoms with E-state index in [1.54, 1.807) is 20.8 Å². The van der Waals surface area contributed by atoms with Crippen LogP contribution < -0.4 is 11.1 Å². The third-order valence-corrected chi connectivity index (χ3v) is 2.50. The predicted octanol–water partition coefficient (Wildman–Crippen LogP) is 0.356. The predicted molar refractivity (Wildman–Crippen MR) is 68.1 cm³/mol. The van der Waals surface area contributed by atoms with Crippen molar-refractivity contribution in [3.8, 4) is 0 Å². The van der Waals surface area contributed by atoms with Crippen molar-refractivity contribution >= 4 is 11.9 Å². The molecule has 0 aliphatic carbocycles. The minimum absolute atomic E-state index is 0.0736. The molecular formula is C12H24N2O4. The van der Waals surface area contributed by atoms with Crippen LogP contribution in [0.2, 0.25) is 0 Å². The van der Waals surface area contributed by atoms with E-state index in [0.29, 0.717) is 6.61 Å². The molecule has 0 rings (SSSR count). The maximum absolute atomic E-state index is 11.7. The molecule has 2 atom stereocenters. The number of nitrogens with two attached hydrogens (primary N) is 1. The van der Waals surface area contributed by atoms with Gasteiger partial charge in [-0.1, -0.05) is 20.8 Å². The molecular weight excluding hydrogens is 236 g/mol. The second-order valence-electron chi connectivity index (χ2n) is 5.22. The van der Waals surface area contributed by atoms with Crippen LogP contribution >= 0.6 is 0 Å². The van der Waals surface area contributed by atoms with Gasteiger partial charge in [0.2, 0.25) is 5.91 Å². The number of carbonyl (C=O) groups is 2. The van der Waals surface area contributed by atoms with E-state index in [-0.39, 0.29) is 25.0 Å². The molecule has 0 fully saturated rings. The molecule has 18 heavy (non-hydrogen) atoms. The molecule has 1 amide bonds. The van der Waals surface area contributed by atoms with Crippen LogP contribution in [0.15, 0.2) is 0 Å². The first-order chi connectivity index (χ1) is 8.22.